The summed E-state index contributed by atoms with van der Waals surface area (Å²) in [6, 6.07) is 17.0. The molecule has 1 N–H and O–H groups in total. The quantitative estimate of drug-likeness (QED) is 0.449. The van der Waals surface area contributed by atoms with Gasteiger partial charge in [0.1, 0.15) is 0 Å². The number of hydrogen-bond acceptors (Lipinski definition) is 5. The van der Waals surface area contributed by atoms with Crippen molar-refractivity contribution < 1.29 is 14.3 Å². The van der Waals surface area contributed by atoms with Gasteiger partial charge in [-0.25, -0.2) is 9.78 Å². The van der Waals surface area contributed by atoms with E-state index >= 15 is 0 Å². The maximum Gasteiger partial charge on any atom is 0.321 e. The van der Waals surface area contributed by atoms with E-state index in [0.29, 0.717) is 24.5 Å². The zero-order valence-corrected chi connectivity index (χ0v) is 19.1. The van der Waals surface area contributed by atoms with E-state index in [1.165, 1.54) is 0 Å². The summed E-state index contributed by atoms with van der Waals surface area (Å²) < 4.78 is 5.51. The molecule has 2 amide bonds. The third-order valence-electron chi connectivity index (χ3n) is 6.29. The molecule has 2 fully saturated rings. The summed E-state index contributed by atoms with van der Waals surface area (Å²) in [6.07, 6.45) is 5.42. The molecule has 3 aromatic rings. The van der Waals surface area contributed by atoms with Crippen LogP contribution in [0.5, 0.6) is 0 Å². The molecule has 174 valence electrons. The second kappa shape index (κ2) is 10.1. The van der Waals surface area contributed by atoms with Crippen molar-refractivity contribution in [1.82, 2.24) is 9.88 Å². The topological polar surface area (TPSA) is 74.8 Å². The molecule has 34 heavy (non-hydrogen) atoms. The summed E-state index contributed by atoms with van der Waals surface area (Å²) in [4.78, 5) is 33.9. The van der Waals surface area contributed by atoms with Gasteiger partial charge in [-0.2, -0.15) is 0 Å². The van der Waals surface area contributed by atoms with E-state index in [1.807, 2.05) is 29.2 Å². The molecule has 3 heterocycles. The number of amides is 2. The van der Waals surface area contributed by atoms with Crippen LogP contribution in [-0.2, 0) is 4.74 Å². The summed E-state index contributed by atoms with van der Waals surface area (Å²) in [5.74, 6) is -0.111. The first-order valence-corrected chi connectivity index (χ1v) is 11.8. The predicted octanol–water partition coefficient (Wildman–Crippen LogP) is 4.60. The van der Waals surface area contributed by atoms with Crippen LogP contribution < -0.4 is 10.2 Å². The molecule has 0 saturated carbocycles. The molecule has 0 atom stereocenters. The Hall–Kier alpha value is -3.71. The molecule has 2 aromatic carbocycles. The lowest BCUT2D eigenvalue weighted by atomic mass is 10.1. The monoisotopic (exact) mass is 456 g/mol. The highest BCUT2D eigenvalue weighted by Crippen LogP contribution is 2.28. The van der Waals surface area contributed by atoms with Crippen molar-refractivity contribution in [2.45, 2.75) is 12.8 Å². The van der Waals surface area contributed by atoms with Gasteiger partial charge in [-0.05, 0) is 61.4 Å². The van der Waals surface area contributed by atoms with Gasteiger partial charge in [-0.1, -0.05) is 18.2 Å². The zero-order chi connectivity index (χ0) is 23.3. The normalized spacial score (nSPS) is 16.4. The average molecular weight is 457 g/mol. The summed E-state index contributed by atoms with van der Waals surface area (Å²) in [6.45, 7) is 4.66. The van der Waals surface area contributed by atoms with Crippen LogP contribution in [-0.4, -0.2) is 61.1 Å². The first kappa shape index (κ1) is 22.1. The number of anilines is 2. The molecular weight excluding hydrogens is 428 g/mol. The van der Waals surface area contributed by atoms with Gasteiger partial charge in [0.2, 0.25) is 0 Å². The summed E-state index contributed by atoms with van der Waals surface area (Å²) in [7, 11) is 0. The van der Waals surface area contributed by atoms with Crippen molar-refractivity contribution in [2.24, 2.45) is 0 Å². The van der Waals surface area contributed by atoms with Crippen LogP contribution in [0.1, 0.15) is 28.9 Å². The Morgan fingerprint density at radius 3 is 2.44 bits per heavy atom. The Morgan fingerprint density at radius 1 is 0.941 bits per heavy atom. The number of ketones is 1. The Labute approximate surface area is 199 Å². The number of benzene rings is 2. The third kappa shape index (κ3) is 4.94. The smallest absolute Gasteiger partial charge is 0.321 e. The molecule has 1 aromatic heterocycles. The second-order valence-corrected chi connectivity index (χ2v) is 8.58. The Bertz CT molecular complexity index is 1210. The van der Waals surface area contributed by atoms with Crippen LogP contribution in [0.15, 0.2) is 60.7 Å². The van der Waals surface area contributed by atoms with Crippen molar-refractivity contribution >= 4 is 40.2 Å². The van der Waals surface area contributed by atoms with E-state index in [4.69, 9.17) is 9.72 Å². The number of allylic oxidation sites excluding steroid dienone is 1. The molecule has 5 rings (SSSR count). The maximum atomic E-state index is 12.8. The number of ether oxygens (including phenoxy) is 1. The lowest BCUT2D eigenvalue weighted by Gasteiger charge is -2.30. The van der Waals surface area contributed by atoms with E-state index in [1.54, 1.807) is 36.4 Å². The number of rotatable bonds is 5. The molecule has 7 nitrogen and oxygen atoms in total. The van der Waals surface area contributed by atoms with Gasteiger partial charge >= 0.3 is 6.03 Å². The Kier molecular flexibility index (Phi) is 6.53. The highest BCUT2D eigenvalue weighted by Gasteiger charge is 2.18. The summed E-state index contributed by atoms with van der Waals surface area (Å²) in [5, 5.41) is 3.99. The molecule has 2 saturated heterocycles. The number of fused-ring (bicyclic) bond motifs is 1. The van der Waals surface area contributed by atoms with Crippen molar-refractivity contribution in [3.05, 3.63) is 71.9 Å². The van der Waals surface area contributed by atoms with Crippen LogP contribution in [0, 0.1) is 0 Å². The number of urea groups is 1. The van der Waals surface area contributed by atoms with Crippen molar-refractivity contribution in [2.75, 3.05) is 49.6 Å². The zero-order valence-electron chi connectivity index (χ0n) is 19.1. The lowest BCUT2D eigenvalue weighted by Crippen LogP contribution is -2.36. The lowest BCUT2D eigenvalue weighted by molar-refractivity contribution is 0.104. The first-order chi connectivity index (χ1) is 16.7. The second-order valence-electron chi connectivity index (χ2n) is 8.58. The predicted molar refractivity (Wildman–Crippen MR) is 134 cm³/mol. The first-order valence-electron chi connectivity index (χ1n) is 11.8. The number of likely N-dealkylation sites (tertiary alicyclic amines) is 1. The van der Waals surface area contributed by atoms with Gasteiger partial charge in [-0.15, -0.1) is 0 Å². The van der Waals surface area contributed by atoms with Gasteiger partial charge < -0.3 is 19.9 Å². The van der Waals surface area contributed by atoms with Gasteiger partial charge in [0, 0.05) is 48.5 Å². The number of morpholine rings is 1. The van der Waals surface area contributed by atoms with E-state index in [2.05, 4.69) is 16.3 Å². The van der Waals surface area contributed by atoms with Crippen LogP contribution in [0.3, 0.4) is 0 Å². The largest absolute Gasteiger partial charge is 0.378 e. The molecule has 0 aliphatic carbocycles. The van der Waals surface area contributed by atoms with Crippen LogP contribution in [0.2, 0.25) is 0 Å². The standard InChI is InChI=1S/C27H28N4O3/c32-26(20-7-9-21(10-8-20)29-27(33)31-13-3-4-14-31)12-11-22-19-25(30-15-17-34-18-16-30)23-5-1-2-6-24(23)28-22/h1-2,5-12,19H,3-4,13-18H2,(H,29,33). The summed E-state index contributed by atoms with van der Waals surface area (Å²) in [5.41, 5.74) is 3.99. The minimum Gasteiger partial charge on any atom is -0.378 e. The Morgan fingerprint density at radius 2 is 1.68 bits per heavy atom. The van der Waals surface area contributed by atoms with Crippen molar-refractivity contribution in [3.63, 3.8) is 0 Å². The summed E-state index contributed by atoms with van der Waals surface area (Å²) >= 11 is 0. The van der Waals surface area contributed by atoms with E-state index in [-0.39, 0.29) is 11.8 Å². The minimum absolute atomic E-state index is 0.0880. The number of para-hydroxylation sites is 1. The van der Waals surface area contributed by atoms with E-state index in [0.717, 1.165) is 61.3 Å². The van der Waals surface area contributed by atoms with E-state index < -0.39 is 0 Å². The van der Waals surface area contributed by atoms with Crippen molar-refractivity contribution in [1.29, 1.82) is 0 Å². The van der Waals surface area contributed by atoms with Gasteiger partial charge in [0.15, 0.2) is 5.78 Å². The fourth-order valence-corrected chi connectivity index (χ4v) is 4.43. The average Bonchev–Trinajstić information content (AvgIpc) is 3.43. The molecule has 2 aliphatic heterocycles. The van der Waals surface area contributed by atoms with E-state index in [9.17, 15) is 9.59 Å². The van der Waals surface area contributed by atoms with Crippen LogP contribution >= 0.6 is 0 Å². The fraction of sp³-hybridized carbons (Fsp3) is 0.296. The molecule has 7 heteroatoms. The molecule has 0 unspecified atom stereocenters. The van der Waals surface area contributed by atoms with Gasteiger partial charge in [-0.3, -0.25) is 4.79 Å². The van der Waals surface area contributed by atoms with Crippen molar-refractivity contribution in [3.8, 4) is 0 Å². The molecule has 2 aliphatic rings. The highest BCUT2D eigenvalue weighted by atomic mass is 16.5. The number of hydrogen-bond donors (Lipinski definition) is 1. The number of nitrogens with one attached hydrogen (secondary N) is 1. The number of nitrogens with zero attached hydrogens (tertiary/aromatic N) is 3. The number of carbonyl (C=O) groups excluding carboxylic acids is 2. The highest BCUT2D eigenvalue weighted by molar-refractivity contribution is 6.07. The van der Waals surface area contributed by atoms with Crippen LogP contribution in [0.25, 0.3) is 17.0 Å². The third-order valence-corrected chi connectivity index (χ3v) is 6.29. The van der Waals surface area contributed by atoms with Gasteiger partial charge in [0.05, 0.1) is 24.4 Å². The SMILES string of the molecule is O=C(C=Cc1cc(N2CCOCC2)c2ccccc2n1)c1ccc(NC(=O)N2CCCC2)cc1. The Balaban J connectivity index is 1.31. The fourth-order valence-electron chi connectivity index (χ4n) is 4.43. The maximum absolute atomic E-state index is 12.8. The van der Waals surface area contributed by atoms with Crippen LogP contribution in [0.4, 0.5) is 16.2 Å². The molecular formula is C27H28N4O3. The molecule has 0 bridgehead atoms. The number of pyridine rings is 1. The molecule has 0 radical (unpaired) electrons. The minimum atomic E-state index is -0.111. The molecule has 0 spiro atoms. The number of aromatic nitrogens is 1. The van der Waals surface area contributed by atoms with Gasteiger partial charge in [0.25, 0.3) is 0 Å². The number of carbonyl (C=O) groups is 2.